The van der Waals surface area contributed by atoms with Crippen LogP contribution in [0.2, 0.25) is 0 Å². The maximum absolute atomic E-state index is 5.37. The van der Waals surface area contributed by atoms with Crippen LogP contribution in [0, 0.1) is 0 Å². The minimum Gasteiger partial charge on any atom is -0.379 e. The van der Waals surface area contributed by atoms with Crippen molar-refractivity contribution >= 4 is 21.9 Å². The van der Waals surface area contributed by atoms with Crippen LogP contribution in [0.4, 0.5) is 0 Å². The first-order valence-corrected chi connectivity index (χ1v) is 10.7. The lowest BCUT2D eigenvalue weighted by molar-refractivity contribution is -0.0333. The Labute approximate surface area is 180 Å². The van der Waals surface area contributed by atoms with Gasteiger partial charge < -0.3 is 14.7 Å². The molecule has 154 valence electrons. The van der Waals surface area contributed by atoms with Gasteiger partial charge in [0.15, 0.2) is 0 Å². The van der Waals surface area contributed by atoms with E-state index < -0.39 is 0 Å². The normalized spacial score (nSPS) is 15.0. The number of rotatable bonds is 5. The van der Waals surface area contributed by atoms with Crippen molar-refractivity contribution in [3.05, 3.63) is 78.8 Å². The number of hydrogen-bond donors (Lipinski definition) is 2. The number of methoxy groups -OCH3 is 1. The Bertz CT molecular complexity index is 1360. The third kappa shape index (κ3) is 3.32. The Hall–Kier alpha value is -3.41. The molecule has 6 rings (SSSR count). The number of fused-ring (bicyclic) bond motifs is 2. The zero-order chi connectivity index (χ0) is 20.8. The molecule has 0 radical (unpaired) electrons. The van der Waals surface area contributed by atoms with Crippen LogP contribution in [0.1, 0.15) is 5.56 Å². The van der Waals surface area contributed by atoms with Gasteiger partial charge in [0, 0.05) is 67.4 Å². The third-order valence-electron chi connectivity index (χ3n) is 6.35. The number of likely N-dealkylation sites (tertiary alicyclic amines) is 1. The molecule has 5 nitrogen and oxygen atoms in total. The Balaban J connectivity index is 1.29. The Morgan fingerprint density at radius 2 is 1.81 bits per heavy atom. The van der Waals surface area contributed by atoms with Gasteiger partial charge in [-0.25, -0.2) is 4.98 Å². The van der Waals surface area contributed by atoms with Crippen molar-refractivity contribution in [2.45, 2.75) is 12.6 Å². The van der Waals surface area contributed by atoms with Gasteiger partial charge in [-0.3, -0.25) is 4.90 Å². The van der Waals surface area contributed by atoms with E-state index >= 15 is 0 Å². The number of aromatic nitrogens is 3. The average molecular weight is 409 g/mol. The molecule has 5 heteroatoms. The number of aromatic amines is 2. The first-order chi connectivity index (χ1) is 15.3. The highest BCUT2D eigenvalue weighted by Gasteiger charge is 2.25. The van der Waals surface area contributed by atoms with E-state index in [2.05, 4.69) is 80.6 Å². The summed E-state index contributed by atoms with van der Waals surface area (Å²) < 4.78 is 5.37. The fourth-order valence-corrected chi connectivity index (χ4v) is 4.48. The van der Waals surface area contributed by atoms with E-state index in [0.717, 1.165) is 41.7 Å². The number of nitrogens with zero attached hydrogens (tertiary/aromatic N) is 2. The summed E-state index contributed by atoms with van der Waals surface area (Å²) in [5.41, 5.74) is 8.07. The van der Waals surface area contributed by atoms with Gasteiger partial charge in [-0.15, -0.1) is 0 Å². The molecule has 4 heterocycles. The fourth-order valence-electron chi connectivity index (χ4n) is 4.48. The van der Waals surface area contributed by atoms with E-state index in [9.17, 15) is 0 Å². The summed E-state index contributed by atoms with van der Waals surface area (Å²) in [6.07, 6.45) is 6.38. The molecule has 0 saturated carbocycles. The van der Waals surface area contributed by atoms with Crippen LogP contribution < -0.4 is 0 Å². The van der Waals surface area contributed by atoms with E-state index in [1.54, 1.807) is 7.11 Å². The van der Waals surface area contributed by atoms with Crippen molar-refractivity contribution in [1.82, 2.24) is 19.9 Å². The van der Waals surface area contributed by atoms with Crippen LogP contribution in [-0.4, -0.2) is 46.2 Å². The lowest BCUT2D eigenvalue weighted by Crippen LogP contribution is -2.50. The van der Waals surface area contributed by atoms with Gasteiger partial charge in [0.05, 0.1) is 6.10 Å². The van der Waals surface area contributed by atoms with E-state index in [0.29, 0.717) is 6.10 Å². The summed E-state index contributed by atoms with van der Waals surface area (Å²) in [7, 11) is 1.79. The summed E-state index contributed by atoms with van der Waals surface area (Å²) in [6, 6.07) is 19.7. The first-order valence-electron chi connectivity index (χ1n) is 10.7. The van der Waals surface area contributed by atoms with Crippen LogP contribution in [0.15, 0.2) is 73.2 Å². The van der Waals surface area contributed by atoms with Crippen molar-refractivity contribution in [2.75, 3.05) is 20.2 Å². The molecule has 1 aliphatic rings. The molecular formula is C26H24N4O. The second-order valence-corrected chi connectivity index (χ2v) is 8.35. The maximum Gasteiger partial charge on any atom is 0.137 e. The van der Waals surface area contributed by atoms with Crippen LogP contribution >= 0.6 is 0 Å². The zero-order valence-corrected chi connectivity index (χ0v) is 17.4. The lowest BCUT2D eigenvalue weighted by atomic mass is 10.0. The maximum atomic E-state index is 5.37. The van der Waals surface area contributed by atoms with Gasteiger partial charge in [-0.1, -0.05) is 30.3 Å². The van der Waals surface area contributed by atoms with E-state index in [1.807, 2.05) is 12.4 Å². The van der Waals surface area contributed by atoms with Crippen molar-refractivity contribution in [1.29, 1.82) is 0 Å². The predicted octanol–water partition coefficient (Wildman–Crippen LogP) is 5.21. The fraction of sp³-hybridized carbons (Fsp3) is 0.192. The number of hydrogen-bond acceptors (Lipinski definition) is 3. The molecule has 1 fully saturated rings. The Kier molecular flexibility index (Phi) is 4.37. The molecule has 3 aromatic heterocycles. The van der Waals surface area contributed by atoms with Gasteiger partial charge in [0.25, 0.3) is 0 Å². The number of pyridine rings is 1. The van der Waals surface area contributed by atoms with Crippen LogP contribution in [0.3, 0.4) is 0 Å². The molecule has 31 heavy (non-hydrogen) atoms. The summed E-state index contributed by atoms with van der Waals surface area (Å²) in [5, 5.41) is 2.35. The second-order valence-electron chi connectivity index (χ2n) is 8.35. The molecule has 0 unspecified atom stereocenters. The number of H-pyrrole nitrogens is 2. The van der Waals surface area contributed by atoms with Crippen LogP contribution in [0.25, 0.3) is 44.2 Å². The molecule has 2 aromatic carbocycles. The smallest absolute Gasteiger partial charge is 0.137 e. The van der Waals surface area contributed by atoms with Gasteiger partial charge >= 0.3 is 0 Å². The van der Waals surface area contributed by atoms with Gasteiger partial charge in [0.2, 0.25) is 0 Å². The Morgan fingerprint density at radius 3 is 2.65 bits per heavy atom. The number of nitrogens with one attached hydrogen (secondary N) is 2. The van der Waals surface area contributed by atoms with Gasteiger partial charge in [-0.2, -0.15) is 0 Å². The summed E-state index contributed by atoms with van der Waals surface area (Å²) >= 11 is 0. The van der Waals surface area contributed by atoms with Gasteiger partial charge in [-0.05, 0) is 46.3 Å². The highest BCUT2D eigenvalue weighted by molar-refractivity contribution is 5.98. The van der Waals surface area contributed by atoms with Crippen molar-refractivity contribution < 1.29 is 4.74 Å². The van der Waals surface area contributed by atoms with Crippen molar-refractivity contribution in [3.8, 4) is 22.3 Å². The highest BCUT2D eigenvalue weighted by Crippen LogP contribution is 2.32. The lowest BCUT2D eigenvalue weighted by Gasteiger charge is -2.38. The average Bonchev–Trinajstić information content (AvgIpc) is 3.42. The zero-order valence-electron chi connectivity index (χ0n) is 17.4. The topological polar surface area (TPSA) is 56.9 Å². The van der Waals surface area contributed by atoms with Crippen LogP contribution in [0.5, 0.6) is 0 Å². The minimum absolute atomic E-state index is 0.394. The standard InChI is InChI=1S/C26H24N4O/c1-31-22-15-30(16-22)14-17-2-4-18(5-3-17)21-11-23-24(13-29-26(23)28-12-21)19-6-7-25-20(10-19)8-9-27-25/h2-13,22,27H,14-16H2,1H3,(H,28,29). The minimum atomic E-state index is 0.394. The molecular weight excluding hydrogens is 384 g/mol. The molecule has 0 aliphatic carbocycles. The second kappa shape index (κ2) is 7.38. The van der Waals surface area contributed by atoms with Gasteiger partial charge in [0.1, 0.15) is 5.65 Å². The SMILES string of the molecule is COC1CN(Cc2ccc(-c3cnc4[nH]cc(-c5ccc6[nH]ccc6c5)c4c3)cc2)C1. The number of ether oxygens (including phenoxy) is 1. The molecule has 0 atom stereocenters. The summed E-state index contributed by atoms with van der Waals surface area (Å²) in [4.78, 5) is 13.7. The number of benzene rings is 2. The Morgan fingerprint density at radius 1 is 0.968 bits per heavy atom. The molecule has 1 saturated heterocycles. The van der Waals surface area contributed by atoms with Crippen molar-refractivity contribution in [3.63, 3.8) is 0 Å². The quantitative estimate of drug-likeness (QED) is 0.420. The predicted molar refractivity (Wildman–Crippen MR) is 125 cm³/mol. The van der Waals surface area contributed by atoms with Crippen LogP contribution in [-0.2, 0) is 11.3 Å². The molecule has 0 spiro atoms. The monoisotopic (exact) mass is 408 g/mol. The largest absolute Gasteiger partial charge is 0.379 e. The molecule has 0 bridgehead atoms. The summed E-state index contributed by atoms with van der Waals surface area (Å²) in [6.45, 7) is 3.01. The van der Waals surface area contributed by atoms with Crippen molar-refractivity contribution in [2.24, 2.45) is 0 Å². The molecule has 0 amide bonds. The molecule has 1 aliphatic heterocycles. The van der Waals surface area contributed by atoms with E-state index in [-0.39, 0.29) is 0 Å². The highest BCUT2D eigenvalue weighted by atomic mass is 16.5. The molecule has 2 N–H and O–H groups in total. The van der Waals surface area contributed by atoms with E-state index in [1.165, 1.54) is 27.6 Å². The third-order valence-corrected chi connectivity index (χ3v) is 6.35. The summed E-state index contributed by atoms with van der Waals surface area (Å²) in [5.74, 6) is 0. The first kappa shape index (κ1) is 18.4. The molecule has 5 aromatic rings. The van der Waals surface area contributed by atoms with E-state index in [4.69, 9.17) is 4.74 Å².